The van der Waals surface area contributed by atoms with E-state index in [9.17, 15) is 5.11 Å². The average Bonchev–Trinajstić information content (AvgIpc) is 3.09. The molecule has 0 bridgehead atoms. The molecule has 6 nitrogen and oxygen atoms in total. The first-order valence-electron chi connectivity index (χ1n) is 11.4. The first-order chi connectivity index (χ1) is 15.9. The Morgan fingerprint density at radius 2 is 1.88 bits per heavy atom. The van der Waals surface area contributed by atoms with E-state index in [4.69, 9.17) is 14.6 Å². The molecular weight excluding hydrogens is 414 g/mol. The van der Waals surface area contributed by atoms with E-state index in [1.807, 2.05) is 73.1 Å². The van der Waals surface area contributed by atoms with Crippen LogP contribution in [-0.4, -0.2) is 51.7 Å². The largest absolute Gasteiger partial charge is 0.439 e. The molecule has 0 spiro atoms. The predicted molar refractivity (Wildman–Crippen MR) is 132 cm³/mol. The molecule has 0 aliphatic heterocycles. The highest BCUT2D eigenvalue weighted by Gasteiger charge is 2.24. The predicted octanol–water partition coefficient (Wildman–Crippen LogP) is 5.06. The van der Waals surface area contributed by atoms with Crippen molar-refractivity contribution < 1.29 is 14.6 Å². The Morgan fingerprint density at radius 3 is 2.55 bits per heavy atom. The van der Waals surface area contributed by atoms with Gasteiger partial charge in [0.05, 0.1) is 36.3 Å². The van der Waals surface area contributed by atoms with Crippen molar-refractivity contribution in [2.45, 2.75) is 46.4 Å². The Morgan fingerprint density at radius 1 is 1.12 bits per heavy atom. The van der Waals surface area contributed by atoms with E-state index in [-0.39, 0.29) is 12.6 Å². The summed E-state index contributed by atoms with van der Waals surface area (Å²) in [5.74, 6) is 1.45. The minimum Gasteiger partial charge on any atom is -0.439 e. The number of hydrogen-bond acceptors (Lipinski definition) is 5. The topological polar surface area (TPSA) is 59.8 Å². The zero-order valence-corrected chi connectivity index (χ0v) is 20.1. The SMILES string of the molecule is C=CCOCC(O)CN(Cc1c(C)nn(-c2ccccc2)c1Oc1cccc(C)c1)C(C)C. The number of aliphatic hydroxyl groups excluding tert-OH is 1. The van der Waals surface area contributed by atoms with Crippen LogP contribution in [0, 0.1) is 13.8 Å². The van der Waals surface area contributed by atoms with Gasteiger partial charge >= 0.3 is 0 Å². The number of benzene rings is 2. The van der Waals surface area contributed by atoms with Crippen molar-refractivity contribution in [2.75, 3.05) is 19.8 Å². The molecule has 2 aromatic carbocycles. The van der Waals surface area contributed by atoms with Gasteiger partial charge in [-0.15, -0.1) is 6.58 Å². The summed E-state index contributed by atoms with van der Waals surface area (Å²) < 4.78 is 13.7. The van der Waals surface area contributed by atoms with Gasteiger partial charge in [0.1, 0.15) is 5.75 Å². The summed E-state index contributed by atoms with van der Waals surface area (Å²) in [6.07, 6.45) is 1.08. The molecule has 0 aliphatic rings. The first-order valence-corrected chi connectivity index (χ1v) is 11.4. The van der Waals surface area contributed by atoms with Gasteiger partial charge in [0.2, 0.25) is 5.88 Å². The van der Waals surface area contributed by atoms with E-state index in [0.29, 0.717) is 25.6 Å². The zero-order valence-electron chi connectivity index (χ0n) is 20.1. The van der Waals surface area contributed by atoms with Gasteiger partial charge < -0.3 is 14.6 Å². The van der Waals surface area contributed by atoms with Crippen LogP contribution < -0.4 is 4.74 Å². The fraction of sp³-hybridized carbons (Fsp3) is 0.370. The highest BCUT2D eigenvalue weighted by molar-refractivity contribution is 5.43. The number of rotatable bonds is 12. The number of aromatic nitrogens is 2. The van der Waals surface area contributed by atoms with E-state index in [1.165, 1.54) is 0 Å². The summed E-state index contributed by atoms with van der Waals surface area (Å²) in [5, 5.41) is 15.3. The Labute approximate surface area is 197 Å². The van der Waals surface area contributed by atoms with E-state index in [2.05, 4.69) is 25.3 Å². The van der Waals surface area contributed by atoms with Gasteiger partial charge in [0.25, 0.3) is 0 Å². The highest BCUT2D eigenvalue weighted by atomic mass is 16.5. The van der Waals surface area contributed by atoms with E-state index in [0.717, 1.165) is 28.3 Å². The first kappa shape index (κ1) is 24.7. The standard InChI is InChI=1S/C27H35N3O3/c1-6-15-32-19-24(31)17-29(20(2)3)18-26-22(5)28-30(23-12-8-7-9-13-23)27(26)33-25-14-10-11-21(4)16-25/h6-14,16,20,24,31H,1,15,17-19H2,2-5H3. The normalized spacial score (nSPS) is 12.3. The van der Waals surface area contributed by atoms with Gasteiger partial charge in [0.15, 0.2) is 0 Å². The fourth-order valence-electron chi connectivity index (χ4n) is 3.63. The van der Waals surface area contributed by atoms with Gasteiger partial charge in [-0.05, 0) is 57.5 Å². The summed E-state index contributed by atoms with van der Waals surface area (Å²) in [7, 11) is 0. The van der Waals surface area contributed by atoms with Crippen LogP contribution >= 0.6 is 0 Å². The van der Waals surface area contributed by atoms with Gasteiger partial charge in [0, 0.05) is 19.1 Å². The molecule has 3 aromatic rings. The van der Waals surface area contributed by atoms with E-state index >= 15 is 0 Å². The molecule has 1 unspecified atom stereocenters. The Kier molecular flexibility index (Phi) is 8.83. The average molecular weight is 450 g/mol. The van der Waals surface area contributed by atoms with Crippen LogP contribution in [0.4, 0.5) is 0 Å². The van der Waals surface area contributed by atoms with Crippen molar-refractivity contribution in [3.05, 3.63) is 84.1 Å². The van der Waals surface area contributed by atoms with Crippen LogP contribution in [0.25, 0.3) is 5.69 Å². The molecule has 1 N–H and O–H groups in total. The van der Waals surface area contributed by atoms with Crippen molar-refractivity contribution in [3.63, 3.8) is 0 Å². The molecule has 6 heteroatoms. The maximum absolute atomic E-state index is 10.5. The van der Waals surface area contributed by atoms with Crippen molar-refractivity contribution >= 4 is 0 Å². The number of aryl methyl sites for hydroxylation is 2. The summed E-state index contributed by atoms with van der Waals surface area (Å²) in [6, 6.07) is 18.2. The second kappa shape index (κ2) is 11.8. The van der Waals surface area contributed by atoms with Crippen molar-refractivity contribution in [1.29, 1.82) is 0 Å². The summed E-state index contributed by atoms with van der Waals surface area (Å²) >= 11 is 0. The van der Waals surface area contributed by atoms with Crippen molar-refractivity contribution in [1.82, 2.24) is 14.7 Å². The lowest BCUT2D eigenvalue weighted by atomic mass is 10.2. The minimum atomic E-state index is -0.599. The summed E-state index contributed by atoms with van der Waals surface area (Å²) in [4.78, 5) is 2.21. The number of ether oxygens (including phenoxy) is 2. The lowest BCUT2D eigenvalue weighted by Gasteiger charge is -2.29. The van der Waals surface area contributed by atoms with Crippen molar-refractivity contribution in [3.8, 4) is 17.3 Å². The van der Waals surface area contributed by atoms with Crippen LogP contribution in [0.5, 0.6) is 11.6 Å². The fourth-order valence-corrected chi connectivity index (χ4v) is 3.63. The monoisotopic (exact) mass is 449 g/mol. The smallest absolute Gasteiger partial charge is 0.227 e. The quantitative estimate of drug-likeness (QED) is 0.310. The van der Waals surface area contributed by atoms with Gasteiger partial charge in [-0.3, -0.25) is 4.90 Å². The van der Waals surface area contributed by atoms with Crippen molar-refractivity contribution in [2.24, 2.45) is 0 Å². The number of hydrogen-bond donors (Lipinski definition) is 1. The van der Waals surface area contributed by atoms with Gasteiger partial charge in [-0.1, -0.05) is 36.4 Å². The maximum atomic E-state index is 10.5. The minimum absolute atomic E-state index is 0.213. The molecule has 3 rings (SSSR count). The summed E-state index contributed by atoms with van der Waals surface area (Å²) in [5.41, 5.74) is 3.95. The third kappa shape index (κ3) is 6.78. The zero-order chi connectivity index (χ0) is 23.8. The highest BCUT2D eigenvalue weighted by Crippen LogP contribution is 2.32. The van der Waals surface area contributed by atoms with Gasteiger partial charge in [-0.25, -0.2) is 4.68 Å². The number of nitrogens with zero attached hydrogens (tertiary/aromatic N) is 3. The maximum Gasteiger partial charge on any atom is 0.227 e. The molecule has 0 aliphatic carbocycles. The lowest BCUT2D eigenvalue weighted by molar-refractivity contribution is 0.0177. The van der Waals surface area contributed by atoms with Crippen LogP contribution in [0.15, 0.2) is 67.3 Å². The molecule has 0 saturated carbocycles. The van der Waals surface area contributed by atoms with Gasteiger partial charge in [-0.2, -0.15) is 5.10 Å². The second-order valence-electron chi connectivity index (χ2n) is 8.54. The Bertz CT molecular complexity index is 1030. The molecule has 33 heavy (non-hydrogen) atoms. The third-order valence-electron chi connectivity index (χ3n) is 5.42. The molecule has 1 aromatic heterocycles. The summed E-state index contributed by atoms with van der Waals surface area (Å²) in [6.45, 7) is 13.7. The number of para-hydroxylation sites is 1. The van der Waals surface area contributed by atoms with E-state index < -0.39 is 6.10 Å². The molecule has 1 heterocycles. The molecule has 0 saturated heterocycles. The van der Waals surface area contributed by atoms with Crippen LogP contribution in [0.3, 0.4) is 0 Å². The van der Waals surface area contributed by atoms with E-state index in [1.54, 1.807) is 6.08 Å². The molecule has 0 fully saturated rings. The molecular formula is C27H35N3O3. The Balaban J connectivity index is 1.93. The Hall–Kier alpha value is -2.93. The van der Waals surface area contributed by atoms with Crippen LogP contribution in [-0.2, 0) is 11.3 Å². The van der Waals surface area contributed by atoms with Crippen LogP contribution in [0.2, 0.25) is 0 Å². The third-order valence-corrected chi connectivity index (χ3v) is 5.42. The second-order valence-corrected chi connectivity index (χ2v) is 8.54. The lowest BCUT2D eigenvalue weighted by Crippen LogP contribution is -2.39. The molecule has 176 valence electrons. The molecule has 0 radical (unpaired) electrons. The molecule has 1 atom stereocenters. The number of aliphatic hydroxyl groups is 1. The van der Waals surface area contributed by atoms with Crippen LogP contribution in [0.1, 0.15) is 30.7 Å². The molecule has 0 amide bonds.